The monoisotopic (exact) mass is 282 g/mol. The van der Waals surface area contributed by atoms with Crippen LogP contribution in [0.15, 0.2) is 30.3 Å². The minimum atomic E-state index is -1.54. The first-order valence-corrected chi connectivity index (χ1v) is 5.50. The van der Waals surface area contributed by atoms with E-state index in [4.69, 9.17) is 16.9 Å². The number of nitrogens with one attached hydrogen (secondary N) is 1. The Morgan fingerprint density at radius 1 is 1.05 bits per heavy atom. The Morgan fingerprint density at radius 2 is 1.68 bits per heavy atom. The molecule has 0 spiro atoms. The summed E-state index contributed by atoms with van der Waals surface area (Å²) in [5.41, 5.74) is 0.519. The zero-order chi connectivity index (χ0) is 14.0. The third kappa shape index (κ3) is 2.80. The van der Waals surface area contributed by atoms with Crippen molar-refractivity contribution in [2.75, 3.05) is 5.32 Å². The van der Waals surface area contributed by atoms with E-state index in [1.54, 1.807) is 0 Å². The van der Waals surface area contributed by atoms with Gasteiger partial charge in [-0.3, -0.25) is 0 Å². The highest BCUT2D eigenvalue weighted by molar-refractivity contribution is 6.30. The van der Waals surface area contributed by atoms with Crippen molar-refractivity contribution in [3.05, 3.63) is 58.4 Å². The van der Waals surface area contributed by atoms with Crippen LogP contribution in [0, 0.1) is 28.8 Å². The summed E-state index contributed by atoms with van der Waals surface area (Å²) in [5.74, 6) is -4.16. The van der Waals surface area contributed by atoms with Crippen molar-refractivity contribution >= 4 is 23.0 Å². The normalized spacial score (nSPS) is 10.1. The summed E-state index contributed by atoms with van der Waals surface area (Å²) >= 11 is 5.72. The standard InChI is InChI=1S/C13H6ClF3N2/c14-8-1-2-12(7(3-8)6-18)19-9-4-10(15)13(17)11(16)5-9/h1-5,19H. The van der Waals surface area contributed by atoms with E-state index in [9.17, 15) is 13.2 Å². The molecular formula is C13H6ClF3N2. The Labute approximate surface area is 112 Å². The SMILES string of the molecule is N#Cc1cc(Cl)ccc1Nc1cc(F)c(F)c(F)c1. The second-order valence-electron chi connectivity index (χ2n) is 3.68. The van der Waals surface area contributed by atoms with Gasteiger partial charge in [0.25, 0.3) is 0 Å². The molecule has 0 aliphatic heterocycles. The predicted molar refractivity (Wildman–Crippen MR) is 65.8 cm³/mol. The molecule has 1 N–H and O–H groups in total. The predicted octanol–water partition coefficient (Wildman–Crippen LogP) is 4.37. The van der Waals surface area contributed by atoms with Gasteiger partial charge in [-0.05, 0) is 18.2 Å². The molecule has 0 aromatic heterocycles. The second kappa shape index (κ2) is 5.21. The molecule has 0 saturated heterocycles. The van der Waals surface area contributed by atoms with Crippen LogP contribution in [0.25, 0.3) is 0 Å². The molecule has 0 bridgehead atoms. The highest BCUT2D eigenvalue weighted by Crippen LogP contribution is 2.25. The molecule has 0 fully saturated rings. The van der Waals surface area contributed by atoms with Crippen LogP contribution in [0.2, 0.25) is 5.02 Å². The first-order valence-electron chi connectivity index (χ1n) is 5.12. The number of hydrogen-bond acceptors (Lipinski definition) is 2. The maximum atomic E-state index is 13.0. The molecule has 0 atom stereocenters. The topological polar surface area (TPSA) is 35.8 Å². The molecule has 0 saturated carbocycles. The fourth-order valence-electron chi connectivity index (χ4n) is 1.50. The highest BCUT2D eigenvalue weighted by atomic mass is 35.5. The maximum absolute atomic E-state index is 13.0. The van der Waals surface area contributed by atoms with Gasteiger partial charge in [-0.1, -0.05) is 11.6 Å². The van der Waals surface area contributed by atoms with Crippen LogP contribution >= 0.6 is 11.6 Å². The third-order valence-electron chi connectivity index (χ3n) is 2.36. The van der Waals surface area contributed by atoms with Crippen molar-refractivity contribution in [3.63, 3.8) is 0 Å². The lowest BCUT2D eigenvalue weighted by Crippen LogP contribution is -1.98. The van der Waals surface area contributed by atoms with Crippen LogP contribution in [-0.4, -0.2) is 0 Å². The van der Waals surface area contributed by atoms with Crippen LogP contribution in [0.3, 0.4) is 0 Å². The Morgan fingerprint density at radius 3 is 2.26 bits per heavy atom. The minimum absolute atomic E-state index is 0.00442. The number of halogens is 4. The molecule has 0 radical (unpaired) electrons. The number of benzene rings is 2. The van der Waals surface area contributed by atoms with Crippen LogP contribution in [0.1, 0.15) is 5.56 Å². The largest absolute Gasteiger partial charge is 0.354 e. The van der Waals surface area contributed by atoms with Gasteiger partial charge in [0, 0.05) is 22.8 Å². The van der Waals surface area contributed by atoms with E-state index in [-0.39, 0.29) is 11.3 Å². The van der Waals surface area contributed by atoms with Crippen molar-refractivity contribution < 1.29 is 13.2 Å². The smallest absolute Gasteiger partial charge is 0.194 e. The number of hydrogen-bond donors (Lipinski definition) is 1. The van der Waals surface area contributed by atoms with E-state index in [0.29, 0.717) is 10.7 Å². The highest BCUT2D eigenvalue weighted by Gasteiger charge is 2.11. The van der Waals surface area contributed by atoms with Gasteiger partial charge in [0.1, 0.15) is 6.07 Å². The van der Waals surface area contributed by atoms with Crippen LogP contribution in [-0.2, 0) is 0 Å². The number of rotatable bonds is 2. The van der Waals surface area contributed by atoms with Gasteiger partial charge < -0.3 is 5.32 Å². The van der Waals surface area contributed by atoms with E-state index >= 15 is 0 Å². The van der Waals surface area contributed by atoms with Crippen molar-refractivity contribution in [2.45, 2.75) is 0 Å². The lowest BCUT2D eigenvalue weighted by molar-refractivity contribution is 0.448. The van der Waals surface area contributed by atoms with Gasteiger partial charge >= 0.3 is 0 Å². The summed E-state index contributed by atoms with van der Waals surface area (Å²) in [6.45, 7) is 0. The molecular weight excluding hydrogens is 277 g/mol. The van der Waals surface area contributed by atoms with Gasteiger partial charge in [-0.25, -0.2) is 13.2 Å². The number of nitrogens with zero attached hydrogens (tertiary/aromatic N) is 1. The van der Waals surface area contributed by atoms with E-state index in [1.807, 2.05) is 6.07 Å². The summed E-state index contributed by atoms with van der Waals surface area (Å²) < 4.78 is 38.9. The van der Waals surface area contributed by atoms with Gasteiger partial charge in [-0.2, -0.15) is 5.26 Å². The molecule has 96 valence electrons. The van der Waals surface area contributed by atoms with Gasteiger partial charge in [0.05, 0.1) is 11.3 Å². The molecule has 0 unspecified atom stereocenters. The molecule has 2 aromatic carbocycles. The first-order chi connectivity index (χ1) is 9.01. The molecule has 0 aliphatic carbocycles. The fraction of sp³-hybridized carbons (Fsp3) is 0. The number of nitriles is 1. The zero-order valence-corrected chi connectivity index (χ0v) is 10.1. The summed E-state index contributed by atoms with van der Waals surface area (Å²) in [5, 5.41) is 11.9. The van der Waals surface area contributed by atoms with Gasteiger partial charge in [0.15, 0.2) is 17.5 Å². The summed E-state index contributed by atoms with van der Waals surface area (Å²) in [6.07, 6.45) is 0. The lowest BCUT2D eigenvalue weighted by atomic mass is 10.2. The summed E-state index contributed by atoms with van der Waals surface area (Å²) in [6, 6.07) is 7.89. The summed E-state index contributed by atoms with van der Waals surface area (Å²) in [4.78, 5) is 0. The second-order valence-corrected chi connectivity index (χ2v) is 4.12. The molecule has 2 aromatic rings. The van der Waals surface area contributed by atoms with E-state index in [0.717, 1.165) is 12.1 Å². The Balaban J connectivity index is 2.40. The molecule has 0 aliphatic rings. The first kappa shape index (κ1) is 13.2. The molecule has 2 rings (SSSR count). The number of anilines is 2. The fourth-order valence-corrected chi connectivity index (χ4v) is 1.67. The van der Waals surface area contributed by atoms with E-state index < -0.39 is 17.5 Å². The third-order valence-corrected chi connectivity index (χ3v) is 2.60. The molecule has 6 heteroatoms. The zero-order valence-electron chi connectivity index (χ0n) is 9.35. The molecule has 2 nitrogen and oxygen atoms in total. The molecule has 19 heavy (non-hydrogen) atoms. The minimum Gasteiger partial charge on any atom is -0.354 e. The van der Waals surface area contributed by atoms with Crippen LogP contribution in [0.4, 0.5) is 24.5 Å². The maximum Gasteiger partial charge on any atom is 0.194 e. The quantitative estimate of drug-likeness (QED) is 0.830. The lowest BCUT2D eigenvalue weighted by Gasteiger charge is -2.09. The Kier molecular flexibility index (Phi) is 3.63. The van der Waals surface area contributed by atoms with Crippen molar-refractivity contribution in [1.82, 2.24) is 0 Å². The van der Waals surface area contributed by atoms with Crippen molar-refractivity contribution in [2.24, 2.45) is 0 Å². The van der Waals surface area contributed by atoms with Crippen molar-refractivity contribution in [1.29, 1.82) is 5.26 Å². The Hall–Kier alpha value is -2.19. The molecule has 0 amide bonds. The van der Waals surface area contributed by atoms with Crippen LogP contribution < -0.4 is 5.32 Å². The average molecular weight is 283 g/mol. The molecule has 0 heterocycles. The van der Waals surface area contributed by atoms with Crippen LogP contribution in [0.5, 0.6) is 0 Å². The van der Waals surface area contributed by atoms with E-state index in [2.05, 4.69) is 5.32 Å². The van der Waals surface area contributed by atoms with Gasteiger partial charge in [-0.15, -0.1) is 0 Å². The van der Waals surface area contributed by atoms with E-state index in [1.165, 1.54) is 18.2 Å². The average Bonchev–Trinajstić information content (AvgIpc) is 2.38. The Bertz CT molecular complexity index is 657. The van der Waals surface area contributed by atoms with Crippen molar-refractivity contribution in [3.8, 4) is 6.07 Å². The summed E-state index contributed by atoms with van der Waals surface area (Å²) in [7, 11) is 0. The van der Waals surface area contributed by atoms with Gasteiger partial charge in [0.2, 0.25) is 0 Å².